The minimum absolute atomic E-state index is 0.123. The van der Waals surface area contributed by atoms with Gasteiger partial charge in [-0.1, -0.05) is 0 Å². The standard InChI is InChI=1S/C8H14F3N/c1-7(2,3)12-4-6(5-12)8(9,10)11/h6H,4-5H2,1-3H3. The van der Waals surface area contributed by atoms with E-state index >= 15 is 0 Å². The van der Waals surface area contributed by atoms with Crippen LogP contribution >= 0.6 is 0 Å². The normalized spacial score (nSPS) is 22.5. The van der Waals surface area contributed by atoms with Crippen LogP contribution in [0.2, 0.25) is 0 Å². The Balaban J connectivity index is 2.39. The average molecular weight is 181 g/mol. The van der Waals surface area contributed by atoms with Gasteiger partial charge in [-0.05, 0) is 20.8 Å². The number of likely N-dealkylation sites (tertiary alicyclic amines) is 1. The molecule has 0 bridgehead atoms. The first-order chi connectivity index (χ1) is 5.21. The highest BCUT2D eigenvalue weighted by Gasteiger charge is 2.49. The Morgan fingerprint density at radius 1 is 1.08 bits per heavy atom. The molecule has 0 radical (unpaired) electrons. The third-order valence-electron chi connectivity index (χ3n) is 2.29. The summed E-state index contributed by atoms with van der Waals surface area (Å²) < 4.78 is 36.1. The van der Waals surface area contributed by atoms with Crippen molar-refractivity contribution in [1.29, 1.82) is 0 Å². The van der Waals surface area contributed by atoms with Gasteiger partial charge in [0.15, 0.2) is 0 Å². The Morgan fingerprint density at radius 2 is 1.50 bits per heavy atom. The first-order valence-corrected chi connectivity index (χ1v) is 4.03. The van der Waals surface area contributed by atoms with E-state index in [1.807, 2.05) is 25.7 Å². The summed E-state index contributed by atoms with van der Waals surface area (Å²) in [6.45, 7) is 6.11. The summed E-state index contributed by atoms with van der Waals surface area (Å²) >= 11 is 0. The van der Waals surface area contributed by atoms with Crippen LogP contribution < -0.4 is 0 Å². The molecule has 0 aromatic rings. The van der Waals surface area contributed by atoms with Crippen molar-refractivity contribution in [3.63, 3.8) is 0 Å². The van der Waals surface area contributed by atoms with Crippen LogP contribution in [0.3, 0.4) is 0 Å². The Hall–Kier alpha value is -0.250. The lowest BCUT2D eigenvalue weighted by atomic mass is 9.92. The van der Waals surface area contributed by atoms with E-state index in [0.717, 1.165) is 0 Å². The zero-order valence-electron chi connectivity index (χ0n) is 7.57. The monoisotopic (exact) mass is 181 g/mol. The second kappa shape index (κ2) is 2.62. The molecule has 0 N–H and O–H groups in total. The molecule has 0 saturated carbocycles. The molecule has 0 atom stereocenters. The molecule has 0 aliphatic carbocycles. The van der Waals surface area contributed by atoms with Crippen molar-refractivity contribution in [3.8, 4) is 0 Å². The Morgan fingerprint density at radius 3 is 1.75 bits per heavy atom. The van der Waals surface area contributed by atoms with Gasteiger partial charge in [0.25, 0.3) is 0 Å². The summed E-state index contributed by atoms with van der Waals surface area (Å²) in [5.74, 6) is -1.10. The molecule has 12 heavy (non-hydrogen) atoms. The van der Waals surface area contributed by atoms with Gasteiger partial charge in [-0.2, -0.15) is 13.2 Å². The summed E-state index contributed by atoms with van der Waals surface area (Å²) in [5, 5.41) is 0. The van der Waals surface area contributed by atoms with Crippen molar-refractivity contribution in [2.24, 2.45) is 5.92 Å². The van der Waals surface area contributed by atoms with Crippen LogP contribution in [0.15, 0.2) is 0 Å². The van der Waals surface area contributed by atoms with Gasteiger partial charge in [-0.15, -0.1) is 0 Å². The number of hydrogen-bond acceptors (Lipinski definition) is 1. The molecular formula is C8H14F3N. The zero-order valence-corrected chi connectivity index (χ0v) is 7.57. The quantitative estimate of drug-likeness (QED) is 0.554. The number of rotatable bonds is 0. The first kappa shape index (κ1) is 9.84. The van der Waals surface area contributed by atoms with Crippen molar-refractivity contribution in [2.75, 3.05) is 13.1 Å². The molecule has 0 spiro atoms. The van der Waals surface area contributed by atoms with E-state index in [0.29, 0.717) is 0 Å². The minimum atomic E-state index is -4.00. The molecule has 0 unspecified atom stereocenters. The van der Waals surface area contributed by atoms with Crippen LogP contribution in [-0.4, -0.2) is 29.7 Å². The van der Waals surface area contributed by atoms with Crippen molar-refractivity contribution in [1.82, 2.24) is 4.90 Å². The van der Waals surface area contributed by atoms with Crippen LogP contribution in [0.5, 0.6) is 0 Å². The van der Waals surface area contributed by atoms with E-state index in [9.17, 15) is 13.2 Å². The molecule has 1 rings (SSSR count). The third kappa shape index (κ3) is 1.91. The van der Waals surface area contributed by atoms with Gasteiger partial charge < -0.3 is 0 Å². The van der Waals surface area contributed by atoms with Gasteiger partial charge in [0.2, 0.25) is 0 Å². The fourth-order valence-electron chi connectivity index (χ4n) is 1.23. The Kier molecular flexibility index (Phi) is 2.15. The summed E-state index contributed by atoms with van der Waals surface area (Å²) in [6, 6.07) is 0. The van der Waals surface area contributed by atoms with Gasteiger partial charge >= 0.3 is 6.18 Å². The molecular weight excluding hydrogens is 167 g/mol. The maximum absolute atomic E-state index is 12.0. The predicted molar refractivity (Wildman–Crippen MR) is 40.9 cm³/mol. The second-order valence-electron chi connectivity index (χ2n) is 4.31. The summed E-state index contributed by atoms with van der Waals surface area (Å²) in [6.07, 6.45) is -4.00. The molecule has 0 amide bonds. The second-order valence-corrected chi connectivity index (χ2v) is 4.31. The van der Waals surface area contributed by atoms with Crippen LogP contribution in [-0.2, 0) is 0 Å². The van der Waals surface area contributed by atoms with Gasteiger partial charge in [-0.25, -0.2) is 0 Å². The van der Waals surface area contributed by atoms with E-state index in [1.165, 1.54) is 0 Å². The Bertz CT molecular complexity index is 144. The minimum Gasteiger partial charge on any atom is -0.297 e. The summed E-state index contributed by atoms with van der Waals surface area (Å²) in [4.78, 5) is 1.84. The van der Waals surface area contributed by atoms with Crippen LogP contribution in [0.1, 0.15) is 20.8 Å². The SMILES string of the molecule is CC(C)(C)N1CC(C(F)(F)F)C1. The van der Waals surface area contributed by atoms with Gasteiger partial charge in [0.1, 0.15) is 0 Å². The zero-order chi connectivity index (χ0) is 9.57. The molecule has 1 nitrogen and oxygen atoms in total. The average Bonchev–Trinajstić information content (AvgIpc) is 1.46. The number of alkyl halides is 3. The maximum Gasteiger partial charge on any atom is 0.394 e. The Labute approximate surface area is 70.5 Å². The summed E-state index contributed by atoms with van der Waals surface area (Å²) in [5.41, 5.74) is -0.123. The number of halogens is 3. The van der Waals surface area contributed by atoms with Crippen LogP contribution in [0.25, 0.3) is 0 Å². The lowest BCUT2D eigenvalue weighted by molar-refractivity contribution is -0.218. The van der Waals surface area contributed by atoms with Crippen molar-refractivity contribution in [2.45, 2.75) is 32.5 Å². The molecule has 4 heteroatoms. The van der Waals surface area contributed by atoms with E-state index in [-0.39, 0.29) is 18.6 Å². The maximum atomic E-state index is 12.0. The number of nitrogens with zero attached hydrogens (tertiary/aromatic N) is 1. The van der Waals surface area contributed by atoms with Crippen LogP contribution in [0, 0.1) is 5.92 Å². The first-order valence-electron chi connectivity index (χ1n) is 4.03. The highest BCUT2D eigenvalue weighted by atomic mass is 19.4. The smallest absolute Gasteiger partial charge is 0.297 e. The van der Waals surface area contributed by atoms with Crippen molar-refractivity contribution in [3.05, 3.63) is 0 Å². The molecule has 1 saturated heterocycles. The third-order valence-corrected chi connectivity index (χ3v) is 2.29. The largest absolute Gasteiger partial charge is 0.394 e. The van der Waals surface area contributed by atoms with Crippen molar-refractivity contribution < 1.29 is 13.2 Å². The van der Waals surface area contributed by atoms with Gasteiger partial charge in [0.05, 0.1) is 5.92 Å². The predicted octanol–water partition coefficient (Wildman–Crippen LogP) is 2.28. The molecule has 0 aromatic carbocycles. The lowest BCUT2D eigenvalue weighted by Crippen LogP contribution is -2.59. The molecule has 72 valence electrons. The van der Waals surface area contributed by atoms with Gasteiger partial charge in [0, 0.05) is 18.6 Å². The van der Waals surface area contributed by atoms with E-state index < -0.39 is 12.1 Å². The molecule has 1 fully saturated rings. The highest BCUT2D eigenvalue weighted by Crippen LogP contribution is 2.36. The fourth-order valence-corrected chi connectivity index (χ4v) is 1.23. The van der Waals surface area contributed by atoms with E-state index in [2.05, 4.69) is 0 Å². The van der Waals surface area contributed by atoms with E-state index in [1.54, 1.807) is 0 Å². The lowest BCUT2D eigenvalue weighted by Gasteiger charge is -2.48. The van der Waals surface area contributed by atoms with Crippen LogP contribution in [0.4, 0.5) is 13.2 Å². The summed E-state index contributed by atoms with van der Waals surface area (Å²) in [7, 11) is 0. The highest BCUT2D eigenvalue weighted by molar-refractivity contribution is 4.91. The molecule has 1 aliphatic heterocycles. The topological polar surface area (TPSA) is 3.24 Å². The molecule has 0 aromatic heterocycles. The van der Waals surface area contributed by atoms with E-state index in [4.69, 9.17) is 0 Å². The fraction of sp³-hybridized carbons (Fsp3) is 1.00. The molecule has 1 aliphatic rings. The van der Waals surface area contributed by atoms with Crippen molar-refractivity contribution >= 4 is 0 Å². The molecule has 1 heterocycles. The number of hydrogen-bond donors (Lipinski definition) is 0. The van der Waals surface area contributed by atoms with Gasteiger partial charge in [-0.3, -0.25) is 4.90 Å².